The zero-order valence-corrected chi connectivity index (χ0v) is 15.9. The number of para-hydroxylation sites is 1. The van der Waals surface area contributed by atoms with Crippen LogP contribution in [0.15, 0.2) is 67.0 Å². The summed E-state index contributed by atoms with van der Waals surface area (Å²) in [7, 11) is 0. The van der Waals surface area contributed by atoms with Crippen LogP contribution in [0.2, 0.25) is 5.02 Å². The largest absolute Gasteiger partial charge is 0.352 e. The van der Waals surface area contributed by atoms with Gasteiger partial charge in [-0.05, 0) is 43.2 Å². The highest BCUT2D eigenvalue weighted by Gasteiger charge is 2.12. The van der Waals surface area contributed by atoms with E-state index in [0.717, 1.165) is 24.2 Å². The fraction of sp³-hybridized carbons (Fsp3) is 0.190. The topological polar surface area (TPSA) is 58.1 Å². The van der Waals surface area contributed by atoms with Crippen molar-refractivity contribution in [3.63, 3.8) is 0 Å². The van der Waals surface area contributed by atoms with Crippen LogP contribution in [-0.4, -0.2) is 29.0 Å². The van der Waals surface area contributed by atoms with E-state index in [-0.39, 0.29) is 5.91 Å². The van der Waals surface area contributed by atoms with Gasteiger partial charge in [-0.2, -0.15) is 0 Å². The molecular formula is C21H21ClN4O. The van der Waals surface area contributed by atoms with Gasteiger partial charge < -0.3 is 10.2 Å². The van der Waals surface area contributed by atoms with E-state index in [0.29, 0.717) is 23.1 Å². The van der Waals surface area contributed by atoms with Crippen LogP contribution in [-0.2, 0) is 6.42 Å². The fourth-order valence-corrected chi connectivity index (χ4v) is 2.82. The highest BCUT2D eigenvalue weighted by atomic mass is 35.5. The Labute approximate surface area is 164 Å². The molecule has 0 aliphatic carbocycles. The smallest absolute Gasteiger partial charge is 0.254 e. The van der Waals surface area contributed by atoms with Crippen molar-refractivity contribution in [2.45, 2.75) is 13.3 Å². The van der Waals surface area contributed by atoms with Gasteiger partial charge in [0.25, 0.3) is 5.91 Å². The summed E-state index contributed by atoms with van der Waals surface area (Å²) in [6.07, 6.45) is 3.86. The third-order valence-electron chi connectivity index (χ3n) is 4.14. The number of aromatic nitrogens is 2. The maximum absolute atomic E-state index is 12.3. The Kier molecular flexibility index (Phi) is 6.39. The lowest BCUT2D eigenvalue weighted by Gasteiger charge is -2.20. The third-order valence-corrected chi connectivity index (χ3v) is 4.39. The van der Waals surface area contributed by atoms with Gasteiger partial charge in [0.05, 0.1) is 5.56 Å². The first kappa shape index (κ1) is 18.9. The molecule has 27 heavy (non-hydrogen) atoms. The molecule has 0 aliphatic heterocycles. The van der Waals surface area contributed by atoms with Gasteiger partial charge in [-0.1, -0.05) is 41.9 Å². The van der Waals surface area contributed by atoms with Crippen molar-refractivity contribution in [3.05, 3.63) is 83.1 Å². The van der Waals surface area contributed by atoms with E-state index in [1.54, 1.807) is 12.4 Å². The van der Waals surface area contributed by atoms with Crippen LogP contribution in [0.5, 0.6) is 0 Å². The molecule has 0 radical (unpaired) electrons. The van der Waals surface area contributed by atoms with Crippen LogP contribution in [0, 0.1) is 0 Å². The van der Waals surface area contributed by atoms with Crippen LogP contribution in [0.4, 0.5) is 11.6 Å². The lowest BCUT2D eigenvalue weighted by Crippen LogP contribution is -2.26. The van der Waals surface area contributed by atoms with Crippen molar-refractivity contribution in [1.82, 2.24) is 15.3 Å². The average Bonchev–Trinajstić information content (AvgIpc) is 2.71. The second-order valence-corrected chi connectivity index (χ2v) is 6.42. The molecule has 2 aromatic carbocycles. The molecule has 0 bridgehead atoms. The summed E-state index contributed by atoms with van der Waals surface area (Å²) in [5.74, 6) is 0.389. The molecule has 0 atom stereocenters. The number of carbonyl (C=O) groups is 1. The number of anilines is 2. The van der Waals surface area contributed by atoms with Crippen molar-refractivity contribution in [1.29, 1.82) is 0 Å². The molecule has 6 heteroatoms. The first-order valence-corrected chi connectivity index (χ1v) is 9.22. The van der Waals surface area contributed by atoms with Crippen molar-refractivity contribution >= 4 is 29.1 Å². The van der Waals surface area contributed by atoms with Gasteiger partial charge in [-0.3, -0.25) is 4.79 Å². The Bertz CT molecular complexity index is 867. The number of nitrogens with one attached hydrogen (secondary N) is 1. The molecule has 1 heterocycles. The summed E-state index contributed by atoms with van der Waals surface area (Å²) in [5.41, 5.74) is 2.58. The SMILES string of the molecule is CCN(c1ccccc1)c1ncc(C(=O)NCCc2ccc(Cl)cc2)cn1. The van der Waals surface area contributed by atoms with Gasteiger partial charge in [0, 0.05) is 36.2 Å². The summed E-state index contributed by atoms with van der Waals surface area (Å²) in [6.45, 7) is 3.30. The highest BCUT2D eigenvalue weighted by molar-refractivity contribution is 6.30. The monoisotopic (exact) mass is 380 g/mol. The second kappa shape index (κ2) is 9.14. The molecule has 1 aromatic heterocycles. The molecule has 1 N–H and O–H groups in total. The van der Waals surface area contributed by atoms with Crippen LogP contribution >= 0.6 is 11.6 Å². The van der Waals surface area contributed by atoms with E-state index in [1.807, 2.05) is 66.4 Å². The normalized spacial score (nSPS) is 10.4. The lowest BCUT2D eigenvalue weighted by atomic mass is 10.1. The van der Waals surface area contributed by atoms with Crippen LogP contribution in [0.3, 0.4) is 0 Å². The lowest BCUT2D eigenvalue weighted by molar-refractivity contribution is 0.0953. The van der Waals surface area contributed by atoms with E-state index in [2.05, 4.69) is 15.3 Å². The number of hydrogen-bond donors (Lipinski definition) is 1. The molecule has 0 spiro atoms. The van der Waals surface area contributed by atoms with Crippen molar-refractivity contribution in [3.8, 4) is 0 Å². The zero-order valence-electron chi connectivity index (χ0n) is 15.1. The van der Waals surface area contributed by atoms with Crippen molar-refractivity contribution in [2.24, 2.45) is 0 Å². The van der Waals surface area contributed by atoms with Gasteiger partial charge in [0.1, 0.15) is 0 Å². The molecule has 3 rings (SSSR count). The van der Waals surface area contributed by atoms with Crippen LogP contribution in [0.1, 0.15) is 22.8 Å². The van der Waals surface area contributed by atoms with Gasteiger partial charge in [0.15, 0.2) is 0 Å². The first-order valence-electron chi connectivity index (χ1n) is 8.84. The predicted molar refractivity (Wildman–Crippen MR) is 109 cm³/mol. The Hall–Kier alpha value is -2.92. The first-order chi connectivity index (χ1) is 13.2. The summed E-state index contributed by atoms with van der Waals surface area (Å²) in [5, 5.41) is 3.60. The summed E-state index contributed by atoms with van der Waals surface area (Å²) < 4.78 is 0. The minimum Gasteiger partial charge on any atom is -0.352 e. The number of carbonyl (C=O) groups excluding carboxylic acids is 1. The Morgan fingerprint density at radius 3 is 2.33 bits per heavy atom. The standard InChI is InChI=1S/C21H21ClN4O/c1-2-26(19-6-4-3-5-7-19)21-24-14-17(15-25-21)20(27)23-13-12-16-8-10-18(22)11-9-16/h3-11,14-15H,2,12-13H2,1H3,(H,23,27). The maximum atomic E-state index is 12.3. The summed E-state index contributed by atoms with van der Waals surface area (Å²) >= 11 is 5.87. The quantitative estimate of drug-likeness (QED) is 0.665. The number of rotatable bonds is 7. The number of nitrogens with zero attached hydrogens (tertiary/aromatic N) is 3. The van der Waals surface area contributed by atoms with E-state index >= 15 is 0 Å². The Morgan fingerprint density at radius 1 is 1.04 bits per heavy atom. The van der Waals surface area contributed by atoms with E-state index in [9.17, 15) is 4.79 Å². The Balaban J connectivity index is 1.59. The van der Waals surface area contributed by atoms with Crippen LogP contribution < -0.4 is 10.2 Å². The Morgan fingerprint density at radius 2 is 1.70 bits per heavy atom. The highest BCUT2D eigenvalue weighted by Crippen LogP contribution is 2.20. The van der Waals surface area contributed by atoms with Gasteiger partial charge in [-0.25, -0.2) is 9.97 Å². The molecule has 0 saturated heterocycles. The summed E-state index contributed by atoms with van der Waals surface area (Å²) in [4.78, 5) is 23.0. The molecule has 0 aliphatic rings. The minimum absolute atomic E-state index is 0.182. The molecule has 0 saturated carbocycles. The molecule has 0 unspecified atom stereocenters. The number of halogens is 1. The van der Waals surface area contributed by atoms with E-state index in [1.165, 1.54) is 0 Å². The maximum Gasteiger partial charge on any atom is 0.254 e. The predicted octanol–water partition coefficient (Wildman–Crippen LogP) is 4.26. The van der Waals surface area contributed by atoms with E-state index < -0.39 is 0 Å². The molecule has 5 nitrogen and oxygen atoms in total. The van der Waals surface area contributed by atoms with Crippen molar-refractivity contribution in [2.75, 3.05) is 18.0 Å². The van der Waals surface area contributed by atoms with Crippen LogP contribution in [0.25, 0.3) is 0 Å². The minimum atomic E-state index is -0.182. The summed E-state index contributed by atoms with van der Waals surface area (Å²) in [6, 6.07) is 17.5. The molecule has 3 aromatic rings. The molecular weight excluding hydrogens is 360 g/mol. The van der Waals surface area contributed by atoms with E-state index in [4.69, 9.17) is 11.6 Å². The van der Waals surface area contributed by atoms with Gasteiger partial charge >= 0.3 is 0 Å². The number of benzene rings is 2. The second-order valence-electron chi connectivity index (χ2n) is 5.98. The van der Waals surface area contributed by atoms with Gasteiger partial charge in [-0.15, -0.1) is 0 Å². The molecule has 138 valence electrons. The molecule has 1 amide bonds. The van der Waals surface area contributed by atoms with Gasteiger partial charge in [0.2, 0.25) is 5.95 Å². The number of amides is 1. The third kappa shape index (κ3) is 5.05. The fourth-order valence-electron chi connectivity index (χ4n) is 2.70. The molecule has 0 fully saturated rings. The van der Waals surface area contributed by atoms with Crippen molar-refractivity contribution < 1.29 is 4.79 Å². The number of hydrogen-bond acceptors (Lipinski definition) is 4. The average molecular weight is 381 g/mol. The zero-order chi connectivity index (χ0) is 19.1.